The van der Waals surface area contributed by atoms with Crippen molar-refractivity contribution in [3.8, 4) is 33.5 Å². The molecule has 6 rings (SSSR count). The third kappa shape index (κ3) is 3.48. The van der Waals surface area contributed by atoms with Crippen LogP contribution in [0.25, 0.3) is 44.3 Å². The Balaban J connectivity index is 1.51. The van der Waals surface area contributed by atoms with Crippen molar-refractivity contribution >= 4 is 10.8 Å². The van der Waals surface area contributed by atoms with Crippen LogP contribution in [-0.4, -0.2) is 0 Å². The summed E-state index contributed by atoms with van der Waals surface area (Å²) in [5, 5.41) is 2.64. The summed E-state index contributed by atoms with van der Waals surface area (Å²) in [5.41, 5.74) is 12.6. The third-order valence-electron chi connectivity index (χ3n) is 9.40. The molecule has 1 heterocycles. The number of pyridine rings is 1. The van der Waals surface area contributed by atoms with Crippen molar-refractivity contribution < 1.29 is 8.68 Å². The van der Waals surface area contributed by atoms with Gasteiger partial charge in [-0.1, -0.05) is 100.0 Å². The lowest BCUT2D eigenvalue weighted by atomic mass is 9.54. The van der Waals surface area contributed by atoms with E-state index in [0.717, 1.165) is 16.7 Å². The fourth-order valence-corrected chi connectivity index (χ4v) is 6.51. The van der Waals surface area contributed by atoms with Gasteiger partial charge in [-0.15, -0.1) is 0 Å². The third-order valence-corrected chi connectivity index (χ3v) is 9.40. The van der Waals surface area contributed by atoms with Gasteiger partial charge in [-0.05, 0) is 81.9 Å². The van der Waals surface area contributed by atoms with Gasteiger partial charge < -0.3 is 0 Å². The molecule has 1 aliphatic carbocycles. The maximum Gasteiger partial charge on any atom is 0.212 e. The highest BCUT2D eigenvalue weighted by atomic mass is 14.9. The van der Waals surface area contributed by atoms with E-state index in [1.165, 1.54) is 49.8 Å². The smallest absolute Gasteiger partial charge is 0.200 e. The van der Waals surface area contributed by atoms with E-state index in [1.807, 2.05) is 12.1 Å². The van der Waals surface area contributed by atoms with Crippen LogP contribution in [0.15, 0.2) is 85.1 Å². The monoisotopic (exact) mass is 499 g/mol. The first-order chi connectivity index (χ1) is 19.2. The van der Waals surface area contributed by atoms with E-state index >= 15 is 0 Å². The van der Waals surface area contributed by atoms with E-state index in [1.54, 1.807) is 12.1 Å². The highest BCUT2D eigenvalue weighted by Crippen LogP contribution is 2.56. The molecular weight excluding hydrogens is 458 g/mol. The van der Waals surface area contributed by atoms with Crippen LogP contribution in [0.2, 0.25) is 0 Å². The van der Waals surface area contributed by atoms with Crippen molar-refractivity contribution in [1.82, 2.24) is 0 Å². The molecule has 0 unspecified atom stereocenters. The van der Waals surface area contributed by atoms with Crippen LogP contribution in [0.5, 0.6) is 0 Å². The zero-order valence-corrected chi connectivity index (χ0v) is 23.5. The average Bonchev–Trinajstić information content (AvgIpc) is 2.92. The second-order valence-corrected chi connectivity index (χ2v) is 12.1. The number of rotatable bonds is 2. The van der Waals surface area contributed by atoms with Crippen LogP contribution >= 0.6 is 0 Å². The largest absolute Gasteiger partial charge is 0.212 e. The van der Waals surface area contributed by atoms with Gasteiger partial charge in [-0.25, -0.2) is 4.57 Å². The summed E-state index contributed by atoms with van der Waals surface area (Å²) in [5.74, 6) is 0. The second-order valence-electron chi connectivity index (χ2n) is 12.1. The highest BCUT2D eigenvalue weighted by Gasteiger charge is 2.47. The van der Waals surface area contributed by atoms with Crippen molar-refractivity contribution in [2.24, 2.45) is 7.05 Å². The van der Waals surface area contributed by atoms with Crippen LogP contribution < -0.4 is 4.57 Å². The Morgan fingerprint density at radius 1 is 0.684 bits per heavy atom. The number of hydrogen-bond acceptors (Lipinski definition) is 0. The molecule has 38 heavy (non-hydrogen) atoms. The van der Waals surface area contributed by atoms with Gasteiger partial charge in [-0.2, -0.15) is 0 Å². The van der Waals surface area contributed by atoms with Crippen LogP contribution in [0.3, 0.4) is 0 Å². The Labute approximate surface area is 232 Å². The van der Waals surface area contributed by atoms with Gasteiger partial charge in [-0.3, -0.25) is 0 Å². The molecule has 4 aromatic carbocycles. The van der Waals surface area contributed by atoms with Crippen LogP contribution in [0.1, 0.15) is 59.6 Å². The molecule has 1 aliphatic rings. The number of hydrogen-bond donors (Lipinski definition) is 0. The number of benzene rings is 4. The van der Waals surface area contributed by atoms with E-state index in [-0.39, 0.29) is 10.8 Å². The Kier molecular flexibility index (Phi) is 4.70. The van der Waals surface area contributed by atoms with Crippen molar-refractivity contribution in [3.63, 3.8) is 0 Å². The SMILES string of the molecule is [2H]C([2H])([2H])c1ccc(-c2c[n+](C)c(-c3cc4c(cc3C)-c3ccc5ccccc5c3C(C)(C)C4(C)C)cc2C)cc1. The van der Waals surface area contributed by atoms with E-state index in [4.69, 9.17) is 4.11 Å². The summed E-state index contributed by atoms with van der Waals surface area (Å²) in [4.78, 5) is 0. The lowest BCUT2D eigenvalue weighted by molar-refractivity contribution is -0.660. The van der Waals surface area contributed by atoms with E-state index in [2.05, 4.69) is 114 Å². The molecule has 1 nitrogen and oxygen atoms in total. The molecule has 0 radical (unpaired) electrons. The molecule has 0 amide bonds. The fourth-order valence-electron chi connectivity index (χ4n) is 6.51. The predicted molar refractivity (Wildman–Crippen MR) is 162 cm³/mol. The molecule has 1 heteroatoms. The van der Waals surface area contributed by atoms with E-state index < -0.39 is 6.85 Å². The van der Waals surface area contributed by atoms with Gasteiger partial charge >= 0.3 is 0 Å². The molecule has 0 atom stereocenters. The van der Waals surface area contributed by atoms with Crippen molar-refractivity contribution in [1.29, 1.82) is 0 Å². The zero-order valence-electron chi connectivity index (χ0n) is 26.5. The molecule has 0 saturated carbocycles. The first kappa shape index (κ1) is 21.2. The summed E-state index contributed by atoms with van der Waals surface area (Å²) in [6.07, 6.45) is 2.17. The first-order valence-corrected chi connectivity index (χ1v) is 13.5. The molecule has 0 N–H and O–H groups in total. The quantitative estimate of drug-likeness (QED) is 0.213. The summed E-state index contributed by atoms with van der Waals surface area (Å²) in [6, 6.07) is 27.7. The Morgan fingerprint density at radius 2 is 1.39 bits per heavy atom. The molecule has 0 aliphatic heterocycles. The Bertz CT molecular complexity index is 1840. The molecule has 1 aromatic heterocycles. The highest BCUT2D eigenvalue weighted by molar-refractivity contribution is 5.96. The number of nitrogens with zero attached hydrogens (tertiary/aromatic N) is 1. The van der Waals surface area contributed by atoms with Crippen molar-refractivity contribution in [2.75, 3.05) is 0 Å². The molecule has 0 fully saturated rings. The number of fused-ring (bicyclic) bond motifs is 5. The normalized spacial score (nSPS) is 16.8. The molecule has 0 bridgehead atoms. The van der Waals surface area contributed by atoms with Gasteiger partial charge in [0.1, 0.15) is 7.05 Å². The average molecular weight is 500 g/mol. The summed E-state index contributed by atoms with van der Waals surface area (Å²) >= 11 is 0. The lowest BCUT2D eigenvalue weighted by Crippen LogP contribution is -2.44. The first-order valence-electron chi connectivity index (χ1n) is 15.0. The fraction of sp³-hybridized carbons (Fsp3) is 0.270. The maximum atomic E-state index is 7.69. The van der Waals surface area contributed by atoms with Crippen LogP contribution in [-0.2, 0) is 17.9 Å². The van der Waals surface area contributed by atoms with Gasteiger partial charge in [0.15, 0.2) is 6.20 Å². The minimum Gasteiger partial charge on any atom is -0.200 e. The molecular formula is C37H38N+. The molecule has 190 valence electrons. The van der Waals surface area contributed by atoms with Gasteiger partial charge in [0.2, 0.25) is 5.69 Å². The van der Waals surface area contributed by atoms with E-state index in [0.29, 0.717) is 5.56 Å². The van der Waals surface area contributed by atoms with Gasteiger partial charge in [0, 0.05) is 26.7 Å². The van der Waals surface area contributed by atoms with Crippen LogP contribution in [0, 0.1) is 20.7 Å². The van der Waals surface area contributed by atoms with Gasteiger partial charge in [0.25, 0.3) is 0 Å². The molecule has 5 aromatic rings. The van der Waals surface area contributed by atoms with Gasteiger partial charge in [0.05, 0.1) is 0 Å². The topological polar surface area (TPSA) is 3.88 Å². The minimum absolute atomic E-state index is 0.0778. The minimum atomic E-state index is -2.10. The zero-order chi connectivity index (χ0) is 29.5. The van der Waals surface area contributed by atoms with E-state index in [9.17, 15) is 0 Å². The summed E-state index contributed by atoms with van der Waals surface area (Å²) in [6.45, 7) is 11.9. The predicted octanol–water partition coefficient (Wildman–Crippen LogP) is 9.16. The maximum absolute atomic E-state index is 7.69. The second kappa shape index (κ2) is 8.40. The van der Waals surface area contributed by atoms with Crippen molar-refractivity contribution in [3.05, 3.63) is 113 Å². The Hall–Kier alpha value is -3.71. The van der Waals surface area contributed by atoms with Crippen LogP contribution in [0.4, 0.5) is 0 Å². The summed E-state index contributed by atoms with van der Waals surface area (Å²) in [7, 11) is 2.10. The number of aromatic nitrogens is 1. The standard InChI is InChI=1S/C37H38N/c1-23-13-15-27(16-14-23)32-22-38(8)34(20-25(32)3)30-21-33-31(19-24(30)2)29-18-17-26-11-9-10-12-28(26)35(29)37(6,7)36(33,4)5/h9-22H,1-8H3/q+1/i1D3. The molecule has 0 saturated heterocycles. The lowest BCUT2D eigenvalue weighted by Gasteiger charge is -2.49. The summed E-state index contributed by atoms with van der Waals surface area (Å²) < 4.78 is 25.3. The Morgan fingerprint density at radius 3 is 2.13 bits per heavy atom. The van der Waals surface area contributed by atoms with Crippen molar-refractivity contribution in [2.45, 2.75) is 59.2 Å². The number of aryl methyl sites for hydroxylation is 4. The molecule has 0 spiro atoms.